The van der Waals surface area contributed by atoms with E-state index in [-0.39, 0.29) is 11.9 Å². The van der Waals surface area contributed by atoms with E-state index >= 15 is 0 Å². The summed E-state index contributed by atoms with van der Waals surface area (Å²) < 4.78 is 18.7. The van der Waals surface area contributed by atoms with Crippen LogP contribution >= 0.6 is 11.6 Å². The minimum Gasteiger partial charge on any atom is -0.378 e. The van der Waals surface area contributed by atoms with Crippen LogP contribution in [0.1, 0.15) is 11.6 Å². The maximum atomic E-state index is 13.5. The van der Waals surface area contributed by atoms with Crippen LogP contribution in [-0.2, 0) is 4.74 Å². The van der Waals surface area contributed by atoms with Gasteiger partial charge in [0.05, 0.1) is 19.3 Å². The van der Waals surface area contributed by atoms with E-state index in [1.807, 2.05) is 0 Å². The van der Waals surface area contributed by atoms with Gasteiger partial charge in [-0.15, -0.1) is 0 Å². The van der Waals surface area contributed by atoms with E-state index in [0.29, 0.717) is 23.8 Å². The first-order valence-electron chi connectivity index (χ1n) is 4.54. The van der Waals surface area contributed by atoms with E-state index in [0.717, 1.165) is 6.54 Å². The van der Waals surface area contributed by atoms with Crippen molar-refractivity contribution in [2.75, 3.05) is 19.8 Å². The minimum atomic E-state index is -0.277. The Hall–Kier alpha value is -0.640. The van der Waals surface area contributed by atoms with Crippen molar-refractivity contribution < 1.29 is 9.13 Å². The highest BCUT2D eigenvalue weighted by Crippen LogP contribution is 2.26. The summed E-state index contributed by atoms with van der Waals surface area (Å²) in [6.45, 7) is 1.87. The monoisotopic (exact) mass is 215 g/mol. The Kier molecular flexibility index (Phi) is 3.01. The van der Waals surface area contributed by atoms with Crippen molar-refractivity contribution in [1.82, 2.24) is 5.32 Å². The number of rotatable bonds is 1. The molecule has 0 spiro atoms. The Balaban J connectivity index is 2.29. The highest BCUT2D eigenvalue weighted by Gasteiger charge is 2.20. The van der Waals surface area contributed by atoms with Crippen LogP contribution in [0.4, 0.5) is 4.39 Å². The fourth-order valence-corrected chi connectivity index (χ4v) is 1.89. The van der Waals surface area contributed by atoms with Gasteiger partial charge in [-0.3, -0.25) is 0 Å². The summed E-state index contributed by atoms with van der Waals surface area (Å²) in [5.41, 5.74) is 0.508. The molecule has 1 saturated heterocycles. The van der Waals surface area contributed by atoms with Crippen LogP contribution in [0.2, 0.25) is 5.02 Å². The van der Waals surface area contributed by atoms with Crippen molar-refractivity contribution in [1.29, 1.82) is 0 Å². The van der Waals surface area contributed by atoms with Crippen LogP contribution in [0.25, 0.3) is 0 Å². The van der Waals surface area contributed by atoms with Crippen LogP contribution < -0.4 is 5.32 Å². The lowest BCUT2D eigenvalue weighted by Crippen LogP contribution is -2.35. The third-order valence-corrected chi connectivity index (χ3v) is 2.60. The molecule has 2 rings (SSSR count). The molecule has 1 fully saturated rings. The third kappa shape index (κ3) is 1.90. The average molecular weight is 216 g/mol. The summed E-state index contributed by atoms with van der Waals surface area (Å²) in [4.78, 5) is 0. The molecule has 1 unspecified atom stereocenters. The van der Waals surface area contributed by atoms with E-state index in [2.05, 4.69) is 5.32 Å². The van der Waals surface area contributed by atoms with Crippen molar-refractivity contribution in [3.63, 3.8) is 0 Å². The van der Waals surface area contributed by atoms with E-state index in [9.17, 15) is 4.39 Å². The van der Waals surface area contributed by atoms with Gasteiger partial charge >= 0.3 is 0 Å². The van der Waals surface area contributed by atoms with Crippen molar-refractivity contribution in [2.24, 2.45) is 0 Å². The van der Waals surface area contributed by atoms with Gasteiger partial charge in [0, 0.05) is 17.1 Å². The van der Waals surface area contributed by atoms with Gasteiger partial charge in [-0.1, -0.05) is 17.7 Å². The Bertz CT molecular complexity index is 306. The van der Waals surface area contributed by atoms with E-state index in [1.165, 1.54) is 6.07 Å². The summed E-state index contributed by atoms with van der Waals surface area (Å²) in [5, 5.41) is 3.62. The lowest BCUT2D eigenvalue weighted by atomic mass is 10.1. The first kappa shape index (κ1) is 9.90. The number of ether oxygens (including phenoxy) is 1. The largest absolute Gasteiger partial charge is 0.378 e. The third-order valence-electron chi connectivity index (χ3n) is 2.27. The second kappa shape index (κ2) is 4.26. The summed E-state index contributed by atoms with van der Waals surface area (Å²) in [7, 11) is 0. The molecule has 0 bridgehead atoms. The summed E-state index contributed by atoms with van der Waals surface area (Å²) in [5.74, 6) is -0.277. The zero-order valence-corrected chi connectivity index (χ0v) is 8.35. The van der Waals surface area contributed by atoms with Crippen LogP contribution in [0.5, 0.6) is 0 Å². The molecule has 1 aromatic carbocycles. The molecule has 2 nitrogen and oxygen atoms in total. The second-order valence-electron chi connectivity index (χ2n) is 3.22. The fraction of sp³-hybridized carbons (Fsp3) is 0.400. The Labute approximate surface area is 87.0 Å². The van der Waals surface area contributed by atoms with Crippen LogP contribution in [-0.4, -0.2) is 19.8 Å². The highest BCUT2D eigenvalue weighted by molar-refractivity contribution is 6.31. The maximum Gasteiger partial charge on any atom is 0.129 e. The molecule has 1 heterocycles. The molecular weight excluding hydrogens is 205 g/mol. The number of nitrogens with one attached hydrogen (secondary N) is 1. The van der Waals surface area contributed by atoms with Crippen molar-refractivity contribution in [2.45, 2.75) is 6.04 Å². The Morgan fingerprint density at radius 1 is 1.50 bits per heavy atom. The van der Waals surface area contributed by atoms with Gasteiger partial charge in [-0.2, -0.15) is 0 Å². The zero-order valence-electron chi connectivity index (χ0n) is 7.59. The smallest absolute Gasteiger partial charge is 0.129 e. The van der Waals surface area contributed by atoms with Gasteiger partial charge in [0.15, 0.2) is 0 Å². The average Bonchev–Trinajstić information content (AvgIpc) is 2.19. The molecule has 0 saturated carbocycles. The second-order valence-corrected chi connectivity index (χ2v) is 3.62. The predicted molar refractivity (Wildman–Crippen MR) is 53.0 cm³/mol. The Morgan fingerprint density at radius 2 is 2.36 bits per heavy atom. The number of halogens is 2. The standard InChI is InChI=1S/C10H11ClFNO/c11-7-2-1-3-8(12)10(7)9-6-14-5-4-13-9/h1-3,9,13H,4-6H2. The van der Waals surface area contributed by atoms with Gasteiger partial charge in [0.25, 0.3) is 0 Å². The lowest BCUT2D eigenvalue weighted by molar-refractivity contribution is 0.0758. The highest BCUT2D eigenvalue weighted by atomic mass is 35.5. The fourth-order valence-electron chi connectivity index (χ4n) is 1.59. The number of hydrogen-bond acceptors (Lipinski definition) is 2. The Morgan fingerprint density at radius 3 is 3.00 bits per heavy atom. The molecule has 0 aliphatic carbocycles. The SMILES string of the molecule is Fc1cccc(Cl)c1C1COCCN1. The van der Waals surface area contributed by atoms with Crippen molar-refractivity contribution >= 4 is 11.6 Å². The summed E-state index contributed by atoms with van der Waals surface area (Å²) >= 11 is 5.93. The normalized spacial score (nSPS) is 22.3. The topological polar surface area (TPSA) is 21.3 Å². The first-order chi connectivity index (χ1) is 6.79. The van der Waals surface area contributed by atoms with E-state index in [4.69, 9.17) is 16.3 Å². The lowest BCUT2D eigenvalue weighted by Gasteiger charge is -2.25. The summed E-state index contributed by atoms with van der Waals surface area (Å²) in [6, 6.07) is 4.58. The molecule has 4 heteroatoms. The number of morpholine rings is 1. The molecule has 1 aromatic rings. The minimum absolute atomic E-state index is 0.127. The van der Waals surface area contributed by atoms with E-state index < -0.39 is 0 Å². The van der Waals surface area contributed by atoms with Gasteiger partial charge in [0.2, 0.25) is 0 Å². The molecule has 14 heavy (non-hydrogen) atoms. The molecule has 1 aliphatic heterocycles. The van der Waals surface area contributed by atoms with Crippen molar-refractivity contribution in [3.8, 4) is 0 Å². The zero-order chi connectivity index (χ0) is 9.97. The van der Waals surface area contributed by atoms with Crippen LogP contribution in [0.15, 0.2) is 18.2 Å². The summed E-state index contributed by atoms with van der Waals surface area (Å²) in [6.07, 6.45) is 0. The molecule has 1 aliphatic rings. The van der Waals surface area contributed by atoms with Gasteiger partial charge < -0.3 is 10.1 Å². The van der Waals surface area contributed by atoms with Gasteiger partial charge in [-0.05, 0) is 12.1 Å². The molecule has 76 valence electrons. The predicted octanol–water partition coefficient (Wildman–Crippen LogP) is 2.14. The quantitative estimate of drug-likeness (QED) is 0.775. The maximum absolute atomic E-state index is 13.5. The molecule has 1 atom stereocenters. The molecule has 0 aromatic heterocycles. The first-order valence-corrected chi connectivity index (χ1v) is 4.92. The van der Waals surface area contributed by atoms with Crippen molar-refractivity contribution in [3.05, 3.63) is 34.6 Å². The molecule has 0 amide bonds. The molecule has 1 N–H and O–H groups in total. The van der Waals surface area contributed by atoms with Gasteiger partial charge in [0.1, 0.15) is 5.82 Å². The van der Waals surface area contributed by atoms with Gasteiger partial charge in [-0.25, -0.2) is 4.39 Å². The van der Waals surface area contributed by atoms with Crippen LogP contribution in [0.3, 0.4) is 0 Å². The van der Waals surface area contributed by atoms with Crippen LogP contribution in [0, 0.1) is 5.82 Å². The van der Waals surface area contributed by atoms with E-state index in [1.54, 1.807) is 12.1 Å². The number of hydrogen-bond donors (Lipinski definition) is 1. The molecular formula is C10H11ClFNO. The number of benzene rings is 1. The molecule has 0 radical (unpaired) electrons.